The first-order valence-electron chi connectivity index (χ1n) is 6.65. The summed E-state index contributed by atoms with van der Waals surface area (Å²) in [6, 6.07) is 0. The maximum absolute atomic E-state index is 12.5. The van der Waals surface area contributed by atoms with Crippen LogP contribution in [-0.4, -0.2) is 38.4 Å². The van der Waals surface area contributed by atoms with Crippen LogP contribution in [0.4, 0.5) is 0 Å². The number of rotatable bonds is 11. The molecule has 0 saturated heterocycles. The molecule has 0 rings (SSSR count). The molecule has 0 spiro atoms. The number of hydrogen-bond acceptors (Lipinski definition) is 5. The van der Waals surface area contributed by atoms with Gasteiger partial charge in [0.25, 0.3) is 0 Å². The second-order valence-corrected chi connectivity index (χ2v) is 6.28. The molecule has 0 aromatic rings. The second kappa shape index (κ2) is 9.93. The van der Waals surface area contributed by atoms with E-state index in [0.29, 0.717) is 32.8 Å². The summed E-state index contributed by atoms with van der Waals surface area (Å²) < 4.78 is 34.0. The van der Waals surface area contributed by atoms with E-state index < -0.39 is 7.60 Å². The molecule has 0 aromatic carbocycles. The van der Waals surface area contributed by atoms with E-state index in [9.17, 15) is 4.57 Å². The van der Waals surface area contributed by atoms with Crippen molar-refractivity contribution in [2.75, 3.05) is 26.4 Å². The minimum absolute atomic E-state index is 0.250. The SMILES string of the molecule is CCOC(CC(C)P(=O)(OCC)OCC)OCC. The van der Waals surface area contributed by atoms with Gasteiger partial charge in [0.15, 0.2) is 6.29 Å². The molecule has 0 aliphatic carbocycles. The standard InChI is InChI=1S/C12H27O5P/c1-6-14-12(15-7-2)10-11(5)18(13,16-8-3)17-9-4/h11-12H,6-10H2,1-5H3. The molecule has 0 amide bonds. The van der Waals surface area contributed by atoms with Crippen LogP contribution in [0.3, 0.4) is 0 Å². The third kappa shape index (κ3) is 6.30. The molecule has 0 radical (unpaired) electrons. The van der Waals surface area contributed by atoms with Gasteiger partial charge in [-0.3, -0.25) is 4.57 Å². The number of hydrogen-bond donors (Lipinski definition) is 0. The van der Waals surface area contributed by atoms with Crippen molar-refractivity contribution in [3.63, 3.8) is 0 Å². The summed E-state index contributed by atoms with van der Waals surface area (Å²) in [4.78, 5) is 0. The highest BCUT2D eigenvalue weighted by Gasteiger charge is 2.34. The lowest BCUT2D eigenvalue weighted by Crippen LogP contribution is -2.24. The Labute approximate surface area is 111 Å². The second-order valence-electron chi connectivity index (χ2n) is 3.80. The Morgan fingerprint density at radius 1 is 0.889 bits per heavy atom. The van der Waals surface area contributed by atoms with Crippen LogP contribution in [0, 0.1) is 0 Å². The third-order valence-electron chi connectivity index (χ3n) is 2.40. The van der Waals surface area contributed by atoms with Crippen molar-refractivity contribution in [3.8, 4) is 0 Å². The largest absolute Gasteiger partial charge is 0.353 e. The molecule has 5 nitrogen and oxygen atoms in total. The van der Waals surface area contributed by atoms with E-state index in [1.807, 2.05) is 20.8 Å². The van der Waals surface area contributed by atoms with E-state index in [1.165, 1.54) is 0 Å². The summed E-state index contributed by atoms with van der Waals surface area (Å²) in [6.07, 6.45) is 0.142. The summed E-state index contributed by atoms with van der Waals surface area (Å²) in [5.41, 5.74) is -0.250. The molecule has 1 atom stereocenters. The Hall–Kier alpha value is 0.0700. The quantitative estimate of drug-likeness (QED) is 0.429. The van der Waals surface area contributed by atoms with Crippen molar-refractivity contribution in [2.45, 2.75) is 53.0 Å². The lowest BCUT2D eigenvalue weighted by atomic mass is 10.3. The Balaban J connectivity index is 4.54. The Morgan fingerprint density at radius 3 is 1.67 bits per heavy atom. The molecule has 0 aromatic heterocycles. The molecule has 110 valence electrons. The molecule has 6 heteroatoms. The summed E-state index contributed by atoms with van der Waals surface area (Å²) >= 11 is 0. The van der Waals surface area contributed by atoms with Crippen LogP contribution in [-0.2, 0) is 23.1 Å². The first kappa shape index (κ1) is 18.1. The minimum Gasteiger partial charge on any atom is -0.353 e. The molecule has 18 heavy (non-hydrogen) atoms. The van der Waals surface area contributed by atoms with Gasteiger partial charge in [0.1, 0.15) is 0 Å². The lowest BCUT2D eigenvalue weighted by Gasteiger charge is -2.26. The molecule has 0 fully saturated rings. The van der Waals surface area contributed by atoms with Gasteiger partial charge in [0.05, 0.1) is 18.9 Å². The zero-order chi connectivity index (χ0) is 14.0. The fourth-order valence-corrected chi connectivity index (χ4v) is 3.35. The van der Waals surface area contributed by atoms with Crippen LogP contribution >= 0.6 is 7.60 Å². The van der Waals surface area contributed by atoms with Gasteiger partial charge >= 0.3 is 7.60 Å². The van der Waals surface area contributed by atoms with Crippen molar-refractivity contribution in [3.05, 3.63) is 0 Å². The molecule has 0 saturated carbocycles. The highest BCUT2D eigenvalue weighted by atomic mass is 31.2. The van der Waals surface area contributed by atoms with Gasteiger partial charge in [-0.25, -0.2) is 0 Å². The average molecular weight is 282 g/mol. The van der Waals surface area contributed by atoms with E-state index in [1.54, 1.807) is 13.8 Å². The van der Waals surface area contributed by atoms with Gasteiger partial charge < -0.3 is 18.5 Å². The predicted molar refractivity (Wildman–Crippen MR) is 72.0 cm³/mol. The molecular formula is C12H27O5P. The Kier molecular flexibility index (Phi) is 9.97. The third-order valence-corrected chi connectivity index (χ3v) is 4.92. The highest BCUT2D eigenvalue weighted by molar-refractivity contribution is 7.54. The molecule has 1 unspecified atom stereocenters. The molecule has 0 bridgehead atoms. The monoisotopic (exact) mass is 282 g/mol. The lowest BCUT2D eigenvalue weighted by molar-refractivity contribution is -0.139. The zero-order valence-electron chi connectivity index (χ0n) is 12.2. The van der Waals surface area contributed by atoms with E-state index in [-0.39, 0.29) is 11.9 Å². The van der Waals surface area contributed by atoms with Crippen LogP contribution in [0.25, 0.3) is 0 Å². The summed E-state index contributed by atoms with van der Waals surface area (Å²) in [7, 11) is -3.07. The molecular weight excluding hydrogens is 255 g/mol. The molecule has 0 heterocycles. The topological polar surface area (TPSA) is 54.0 Å². The predicted octanol–water partition coefficient (Wildman–Crippen LogP) is 3.43. The fraction of sp³-hybridized carbons (Fsp3) is 1.00. The normalized spacial score (nSPS) is 14.1. The van der Waals surface area contributed by atoms with Gasteiger partial charge in [0, 0.05) is 19.6 Å². The summed E-state index contributed by atoms with van der Waals surface area (Å²) in [5, 5.41) is 0. The number of ether oxygens (including phenoxy) is 2. The van der Waals surface area contributed by atoms with Gasteiger partial charge in [-0.15, -0.1) is 0 Å². The van der Waals surface area contributed by atoms with Crippen molar-refractivity contribution in [1.29, 1.82) is 0 Å². The molecule has 0 aliphatic rings. The zero-order valence-corrected chi connectivity index (χ0v) is 13.1. The van der Waals surface area contributed by atoms with Crippen molar-refractivity contribution < 1.29 is 23.1 Å². The average Bonchev–Trinajstić information content (AvgIpc) is 2.30. The molecule has 0 aliphatic heterocycles. The van der Waals surface area contributed by atoms with Crippen LogP contribution in [0.2, 0.25) is 0 Å². The van der Waals surface area contributed by atoms with Crippen molar-refractivity contribution in [1.82, 2.24) is 0 Å². The fourth-order valence-electron chi connectivity index (χ4n) is 1.62. The molecule has 0 N–H and O–H groups in total. The summed E-state index contributed by atoms with van der Waals surface area (Å²) in [6.45, 7) is 11.1. The van der Waals surface area contributed by atoms with Crippen LogP contribution in [0.1, 0.15) is 41.0 Å². The van der Waals surface area contributed by atoms with Gasteiger partial charge in [-0.2, -0.15) is 0 Å². The first-order chi connectivity index (χ1) is 8.53. The van der Waals surface area contributed by atoms with Crippen LogP contribution in [0.5, 0.6) is 0 Å². The van der Waals surface area contributed by atoms with E-state index in [0.717, 1.165) is 0 Å². The minimum atomic E-state index is -3.07. The van der Waals surface area contributed by atoms with Gasteiger partial charge in [0.2, 0.25) is 0 Å². The van der Waals surface area contributed by atoms with E-state index in [2.05, 4.69) is 0 Å². The van der Waals surface area contributed by atoms with E-state index in [4.69, 9.17) is 18.5 Å². The maximum atomic E-state index is 12.5. The van der Waals surface area contributed by atoms with Gasteiger partial charge in [-0.1, -0.05) is 6.92 Å². The van der Waals surface area contributed by atoms with Crippen molar-refractivity contribution >= 4 is 7.60 Å². The van der Waals surface area contributed by atoms with Gasteiger partial charge in [-0.05, 0) is 27.7 Å². The maximum Gasteiger partial charge on any atom is 0.333 e. The van der Waals surface area contributed by atoms with E-state index >= 15 is 0 Å². The smallest absolute Gasteiger partial charge is 0.333 e. The Morgan fingerprint density at radius 2 is 1.33 bits per heavy atom. The summed E-state index contributed by atoms with van der Waals surface area (Å²) in [5.74, 6) is 0. The highest BCUT2D eigenvalue weighted by Crippen LogP contribution is 2.54. The van der Waals surface area contributed by atoms with Crippen molar-refractivity contribution in [2.24, 2.45) is 0 Å². The van der Waals surface area contributed by atoms with Crippen LogP contribution < -0.4 is 0 Å². The first-order valence-corrected chi connectivity index (χ1v) is 8.27. The Bertz CT molecular complexity index is 231. The van der Waals surface area contributed by atoms with Crippen LogP contribution in [0.15, 0.2) is 0 Å².